The van der Waals surface area contributed by atoms with Crippen LogP contribution in [0.15, 0.2) is 27.6 Å². The van der Waals surface area contributed by atoms with Crippen molar-refractivity contribution in [2.75, 3.05) is 13.1 Å². The summed E-state index contributed by atoms with van der Waals surface area (Å²) in [5.74, 6) is -0.190. The maximum atomic E-state index is 12.5. The predicted octanol–water partition coefficient (Wildman–Crippen LogP) is 3.01. The van der Waals surface area contributed by atoms with Crippen LogP contribution in [0.2, 0.25) is 0 Å². The first kappa shape index (κ1) is 19.1. The molecule has 0 fully saturated rings. The predicted molar refractivity (Wildman–Crippen MR) is 91.5 cm³/mol. The Balaban J connectivity index is 3.28. The van der Waals surface area contributed by atoms with Gasteiger partial charge in [-0.3, -0.25) is 4.79 Å². The molecule has 0 heterocycles. The van der Waals surface area contributed by atoms with E-state index in [4.69, 9.17) is 0 Å². The quantitative estimate of drug-likeness (QED) is 0.839. The Morgan fingerprint density at radius 1 is 1.23 bits per heavy atom. The molecule has 0 radical (unpaired) electrons. The van der Waals surface area contributed by atoms with Crippen molar-refractivity contribution in [2.45, 2.75) is 45.1 Å². The second kappa shape index (κ2) is 7.10. The summed E-state index contributed by atoms with van der Waals surface area (Å²) in [6, 6.07) is 4.49. The van der Waals surface area contributed by atoms with Crippen molar-refractivity contribution in [2.24, 2.45) is 0 Å². The van der Waals surface area contributed by atoms with E-state index >= 15 is 0 Å². The van der Waals surface area contributed by atoms with Crippen molar-refractivity contribution in [1.82, 2.24) is 9.62 Å². The van der Waals surface area contributed by atoms with Crippen LogP contribution in [0.3, 0.4) is 0 Å². The number of benzene rings is 1. The zero-order chi connectivity index (χ0) is 17.1. The van der Waals surface area contributed by atoms with Gasteiger partial charge in [-0.1, -0.05) is 0 Å². The van der Waals surface area contributed by atoms with Crippen LogP contribution in [0.25, 0.3) is 0 Å². The van der Waals surface area contributed by atoms with Crippen LogP contribution >= 0.6 is 15.9 Å². The summed E-state index contributed by atoms with van der Waals surface area (Å²) in [6.45, 7) is 10.2. The standard InChI is InChI=1S/C15H23BrN2O3S/c1-6-18(7-2)14(19)12-10-11(8-9-13(12)16)22(20,21)17-15(3,4)5/h8-10,17H,6-7H2,1-5H3. The lowest BCUT2D eigenvalue weighted by atomic mass is 10.1. The molecule has 0 saturated carbocycles. The Morgan fingerprint density at radius 3 is 2.23 bits per heavy atom. The van der Waals surface area contributed by atoms with E-state index < -0.39 is 15.6 Å². The molecule has 7 heteroatoms. The van der Waals surface area contributed by atoms with Gasteiger partial charge in [-0.05, 0) is 68.7 Å². The Labute approximate surface area is 141 Å². The molecular formula is C15H23BrN2O3S. The second-order valence-corrected chi connectivity index (χ2v) is 8.51. The smallest absolute Gasteiger partial charge is 0.255 e. The first-order valence-electron chi connectivity index (χ1n) is 7.14. The van der Waals surface area contributed by atoms with Crippen LogP contribution in [-0.2, 0) is 10.0 Å². The highest BCUT2D eigenvalue weighted by atomic mass is 79.9. The number of sulfonamides is 1. The molecule has 1 rings (SSSR count). The largest absolute Gasteiger partial charge is 0.339 e. The molecule has 0 atom stereocenters. The fourth-order valence-electron chi connectivity index (χ4n) is 1.98. The van der Waals surface area contributed by atoms with E-state index in [2.05, 4.69) is 20.7 Å². The molecule has 1 amide bonds. The molecule has 0 saturated heterocycles. The Hall–Kier alpha value is -0.920. The normalized spacial score (nSPS) is 12.3. The van der Waals surface area contributed by atoms with Gasteiger partial charge in [-0.25, -0.2) is 13.1 Å². The van der Waals surface area contributed by atoms with Gasteiger partial charge in [0.05, 0.1) is 10.5 Å². The van der Waals surface area contributed by atoms with Crippen LogP contribution in [-0.4, -0.2) is 37.9 Å². The van der Waals surface area contributed by atoms with Crippen molar-refractivity contribution in [1.29, 1.82) is 0 Å². The van der Waals surface area contributed by atoms with E-state index in [1.54, 1.807) is 31.7 Å². The van der Waals surface area contributed by atoms with Gasteiger partial charge in [0.25, 0.3) is 5.91 Å². The molecule has 1 aromatic carbocycles. The molecule has 22 heavy (non-hydrogen) atoms. The number of nitrogens with one attached hydrogen (secondary N) is 1. The van der Waals surface area contributed by atoms with Gasteiger partial charge in [0, 0.05) is 23.1 Å². The molecule has 0 aliphatic rings. The molecule has 0 unspecified atom stereocenters. The van der Waals surface area contributed by atoms with E-state index in [1.807, 2.05) is 13.8 Å². The molecule has 0 bridgehead atoms. The first-order valence-corrected chi connectivity index (χ1v) is 9.42. The van der Waals surface area contributed by atoms with Crippen molar-refractivity contribution in [3.8, 4) is 0 Å². The number of amides is 1. The third-order valence-corrected chi connectivity index (χ3v) is 5.42. The van der Waals surface area contributed by atoms with E-state index in [1.165, 1.54) is 12.1 Å². The number of hydrogen-bond acceptors (Lipinski definition) is 3. The van der Waals surface area contributed by atoms with Crippen LogP contribution in [0.5, 0.6) is 0 Å². The van der Waals surface area contributed by atoms with Crippen LogP contribution in [0, 0.1) is 0 Å². The maximum absolute atomic E-state index is 12.5. The first-order chi connectivity index (χ1) is 10.0. The Bertz CT molecular complexity index is 647. The van der Waals surface area contributed by atoms with E-state index in [0.29, 0.717) is 23.1 Å². The highest BCUT2D eigenvalue weighted by Gasteiger charge is 2.24. The molecule has 0 aromatic heterocycles. The maximum Gasteiger partial charge on any atom is 0.255 e. The highest BCUT2D eigenvalue weighted by Crippen LogP contribution is 2.23. The Morgan fingerprint density at radius 2 is 1.77 bits per heavy atom. The summed E-state index contributed by atoms with van der Waals surface area (Å²) >= 11 is 3.32. The summed E-state index contributed by atoms with van der Waals surface area (Å²) < 4.78 is 28.0. The molecule has 124 valence electrons. The minimum absolute atomic E-state index is 0.0844. The van der Waals surface area contributed by atoms with Crippen LogP contribution in [0.4, 0.5) is 0 Å². The fraction of sp³-hybridized carbons (Fsp3) is 0.533. The highest BCUT2D eigenvalue weighted by molar-refractivity contribution is 9.10. The minimum Gasteiger partial charge on any atom is -0.339 e. The summed E-state index contributed by atoms with van der Waals surface area (Å²) in [5.41, 5.74) is -0.241. The lowest BCUT2D eigenvalue weighted by molar-refractivity contribution is 0.0772. The number of nitrogens with zero attached hydrogens (tertiary/aromatic N) is 1. The topological polar surface area (TPSA) is 66.5 Å². The number of carbonyl (C=O) groups is 1. The molecule has 0 aliphatic heterocycles. The number of carbonyl (C=O) groups excluding carboxylic acids is 1. The van der Waals surface area contributed by atoms with Crippen molar-refractivity contribution in [3.63, 3.8) is 0 Å². The average molecular weight is 391 g/mol. The Kier molecular flexibility index (Phi) is 6.18. The van der Waals surface area contributed by atoms with E-state index in [0.717, 1.165) is 0 Å². The van der Waals surface area contributed by atoms with Crippen LogP contribution < -0.4 is 4.72 Å². The number of halogens is 1. The van der Waals surface area contributed by atoms with Crippen molar-refractivity contribution in [3.05, 3.63) is 28.2 Å². The van der Waals surface area contributed by atoms with Crippen molar-refractivity contribution >= 4 is 31.9 Å². The molecule has 0 aliphatic carbocycles. The number of hydrogen-bond donors (Lipinski definition) is 1. The van der Waals surface area contributed by atoms with Crippen molar-refractivity contribution < 1.29 is 13.2 Å². The molecule has 1 aromatic rings. The zero-order valence-electron chi connectivity index (χ0n) is 13.6. The molecule has 5 nitrogen and oxygen atoms in total. The van der Waals surface area contributed by atoms with Gasteiger partial charge in [0.1, 0.15) is 0 Å². The van der Waals surface area contributed by atoms with Gasteiger partial charge >= 0.3 is 0 Å². The summed E-state index contributed by atoms with van der Waals surface area (Å²) in [6.07, 6.45) is 0. The fourth-order valence-corrected chi connectivity index (χ4v) is 3.84. The van der Waals surface area contributed by atoms with E-state index in [-0.39, 0.29) is 10.8 Å². The summed E-state index contributed by atoms with van der Waals surface area (Å²) in [5, 5.41) is 0. The lowest BCUT2D eigenvalue weighted by Crippen LogP contribution is -2.40. The average Bonchev–Trinajstić information content (AvgIpc) is 2.37. The van der Waals surface area contributed by atoms with Gasteiger partial charge in [0.2, 0.25) is 10.0 Å². The molecule has 0 spiro atoms. The monoisotopic (exact) mass is 390 g/mol. The molecule has 1 N–H and O–H groups in total. The van der Waals surface area contributed by atoms with Gasteiger partial charge in [-0.2, -0.15) is 0 Å². The minimum atomic E-state index is -3.67. The van der Waals surface area contributed by atoms with Gasteiger partial charge in [-0.15, -0.1) is 0 Å². The third-order valence-electron chi connectivity index (χ3n) is 2.97. The lowest BCUT2D eigenvalue weighted by Gasteiger charge is -2.22. The SMILES string of the molecule is CCN(CC)C(=O)c1cc(S(=O)(=O)NC(C)(C)C)ccc1Br. The van der Waals surface area contributed by atoms with Crippen LogP contribution in [0.1, 0.15) is 45.0 Å². The number of rotatable bonds is 5. The van der Waals surface area contributed by atoms with Gasteiger partial charge in [0.15, 0.2) is 0 Å². The summed E-state index contributed by atoms with van der Waals surface area (Å²) in [4.78, 5) is 14.2. The zero-order valence-corrected chi connectivity index (χ0v) is 16.0. The molecular weight excluding hydrogens is 368 g/mol. The third kappa shape index (κ3) is 4.79. The van der Waals surface area contributed by atoms with E-state index in [9.17, 15) is 13.2 Å². The second-order valence-electron chi connectivity index (χ2n) is 5.97. The van der Waals surface area contributed by atoms with Gasteiger partial charge < -0.3 is 4.90 Å². The summed E-state index contributed by atoms with van der Waals surface area (Å²) in [7, 11) is -3.67.